The summed E-state index contributed by atoms with van der Waals surface area (Å²) in [5.41, 5.74) is 6.56. The monoisotopic (exact) mass is 375 g/mol. The molecule has 1 aromatic rings. The highest BCUT2D eigenvalue weighted by atomic mass is 127. The van der Waals surface area contributed by atoms with Crippen LogP contribution in [0.15, 0.2) is 12.1 Å². The standard InChI is InChI=1S/C7H7I2NO/c8-6-4(3-10)1-2-5(11)7(6)9/h1-2,11H,3,10H2. The predicted molar refractivity (Wildman–Crippen MR) is 61.4 cm³/mol. The smallest absolute Gasteiger partial charge is 0.129 e. The minimum Gasteiger partial charge on any atom is -0.507 e. The summed E-state index contributed by atoms with van der Waals surface area (Å²) in [4.78, 5) is 0. The van der Waals surface area contributed by atoms with E-state index in [0.717, 1.165) is 12.7 Å². The van der Waals surface area contributed by atoms with Crippen molar-refractivity contribution in [2.75, 3.05) is 0 Å². The van der Waals surface area contributed by atoms with Gasteiger partial charge in [-0.1, -0.05) is 6.07 Å². The molecule has 0 saturated heterocycles. The van der Waals surface area contributed by atoms with Crippen LogP contribution in [0.2, 0.25) is 0 Å². The Kier molecular flexibility index (Phi) is 3.38. The van der Waals surface area contributed by atoms with Gasteiger partial charge in [0.15, 0.2) is 0 Å². The van der Waals surface area contributed by atoms with E-state index in [-0.39, 0.29) is 0 Å². The average Bonchev–Trinajstić information content (AvgIpc) is 2.01. The first-order valence-electron chi connectivity index (χ1n) is 3.02. The molecule has 3 N–H and O–H groups in total. The summed E-state index contributed by atoms with van der Waals surface area (Å²) in [6.45, 7) is 0.522. The fraction of sp³-hybridized carbons (Fsp3) is 0.143. The van der Waals surface area contributed by atoms with Crippen LogP contribution in [0.25, 0.3) is 0 Å². The first kappa shape index (κ1) is 9.53. The highest BCUT2D eigenvalue weighted by molar-refractivity contribution is 14.1. The number of halogens is 2. The molecule has 0 atom stereocenters. The summed E-state index contributed by atoms with van der Waals surface area (Å²) in [5.74, 6) is 0.326. The highest BCUT2D eigenvalue weighted by Crippen LogP contribution is 2.27. The summed E-state index contributed by atoms with van der Waals surface area (Å²) in [6.07, 6.45) is 0. The van der Waals surface area contributed by atoms with E-state index in [4.69, 9.17) is 5.73 Å². The molecule has 0 aliphatic rings. The molecule has 0 spiro atoms. The maximum absolute atomic E-state index is 9.27. The Hall–Kier alpha value is 0.440. The largest absolute Gasteiger partial charge is 0.507 e. The Morgan fingerprint density at radius 1 is 1.27 bits per heavy atom. The highest BCUT2D eigenvalue weighted by Gasteiger charge is 2.05. The minimum atomic E-state index is 0.326. The maximum Gasteiger partial charge on any atom is 0.129 e. The number of benzene rings is 1. The maximum atomic E-state index is 9.27. The summed E-state index contributed by atoms with van der Waals surface area (Å²) >= 11 is 4.29. The van der Waals surface area contributed by atoms with Crippen LogP contribution >= 0.6 is 45.2 Å². The van der Waals surface area contributed by atoms with Crippen molar-refractivity contribution in [1.29, 1.82) is 0 Å². The second-order valence-corrected chi connectivity index (χ2v) is 4.23. The summed E-state index contributed by atoms with van der Waals surface area (Å²) < 4.78 is 1.93. The molecule has 11 heavy (non-hydrogen) atoms. The topological polar surface area (TPSA) is 46.2 Å². The molecule has 60 valence electrons. The Bertz CT molecular complexity index is 275. The summed E-state index contributed by atoms with van der Waals surface area (Å²) in [6, 6.07) is 3.52. The lowest BCUT2D eigenvalue weighted by Gasteiger charge is -2.04. The Labute approximate surface area is 92.5 Å². The molecule has 4 heteroatoms. The van der Waals surface area contributed by atoms with Gasteiger partial charge in [0, 0.05) is 10.1 Å². The molecule has 1 aromatic carbocycles. The quantitative estimate of drug-likeness (QED) is 0.739. The molecule has 0 amide bonds. The Morgan fingerprint density at radius 2 is 1.91 bits per heavy atom. The zero-order valence-corrected chi connectivity index (χ0v) is 9.96. The van der Waals surface area contributed by atoms with E-state index in [1.807, 2.05) is 6.07 Å². The van der Waals surface area contributed by atoms with Crippen molar-refractivity contribution < 1.29 is 5.11 Å². The Balaban J connectivity index is 3.25. The van der Waals surface area contributed by atoms with Crippen molar-refractivity contribution in [3.63, 3.8) is 0 Å². The fourth-order valence-electron chi connectivity index (χ4n) is 0.737. The third-order valence-electron chi connectivity index (χ3n) is 1.36. The summed E-state index contributed by atoms with van der Waals surface area (Å²) in [5, 5.41) is 9.27. The van der Waals surface area contributed by atoms with E-state index < -0.39 is 0 Å². The van der Waals surface area contributed by atoms with Gasteiger partial charge >= 0.3 is 0 Å². The van der Waals surface area contributed by atoms with Crippen LogP contribution < -0.4 is 5.73 Å². The molecule has 0 heterocycles. The number of rotatable bonds is 1. The van der Waals surface area contributed by atoms with E-state index in [1.54, 1.807) is 6.07 Å². The van der Waals surface area contributed by atoms with Gasteiger partial charge in [-0.3, -0.25) is 0 Å². The molecule has 0 saturated carbocycles. The Morgan fingerprint density at radius 3 is 2.45 bits per heavy atom. The third-order valence-corrected chi connectivity index (χ3v) is 4.72. The molecular weight excluding hydrogens is 368 g/mol. The molecule has 0 unspecified atom stereocenters. The lowest BCUT2D eigenvalue weighted by Crippen LogP contribution is -2.00. The predicted octanol–water partition coefficient (Wildman–Crippen LogP) is 2.06. The summed E-state index contributed by atoms with van der Waals surface area (Å²) in [7, 11) is 0. The number of hydrogen-bond acceptors (Lipinski definition) is 2. The van der Waals surface area contributed by atoms with Gasteiger partial charge in [0.05, 0.1) is 3.57 Å². The average molecular weight is 375 g/mol. The van der Waals surface area contributed by atoms with Gasteiger partial charge in [-0.25, -0.2) is 0 Å². The van der Waals surface area contributed by atoms with Crippen molar-refractivity contribution in [2.24, 2.45) is 5.73 Å². The van der Waals surface area contributed by atoms with E-state index in [9.17, 15) is 5.11 Å². The molecule has 2 nitrogen and oxygen atoms in total. The van der Waals surface area contributed by atoms with Crippen LogP contribution in [0.4, 0.5) is 0 Å². The van der Waals surface area contributed by atoms with E-state index in [2.05, 4.69) is 45.2 Å². The van der Waals surface area contributed by atoms with Crippen molar-refractivity contribution in [1.82, 2.24) is 0 Å². The second-order valence-electron chi connectivity index (χ2n) is 2.08. The van der Waals surface area contributed by atoms with Crippen molar-refractivity contribution in [3.05, 3.63) is 24.8 Å². The molecule has 0 aliphatic carbocycles. The normalized spacial score (nSPS) is 10.1. The van der Waals surface area contributed by atoms with Crippen LogP contribution in [0.3, 0.4) is 0 Å². The second kappa shape index (κ2) is 3.90. The first-order chi connectivity index (χ1) is 5.16. The van der Waals surface area contributed by atoms with Crippen LogP contribution in [-0.2, 0) is 6.54 Å². The van der Waals surface area contributed by atoms with Gasteiger partial charge in [0.25, 0.3) is 0 Å². The fourth-order valence-corrected chi connectivity index (χ4v) is 1.94. The van der Waals surface area contributed by atoms with Gasteiger partial charge in [0.2, 0.25) is 0 Å². The van der Waals surface area contributed by atoms with Gasteiger partial charge in [-0.2, -0.15) is 0 Å². The lowest BCUT2D eigenvalue weighted by atomic mass is 10.2. The number of phenolic OH excluding ortho intramolecular Hbond substituents is 1. The molecular formula is C7H7I2NO. The van der Waals surface area contributed by atoms with E-state index >= 15 is 0 Å². The number of nitrogens with two attached hydrogens (primary N) is 1. The van der Waals surface area contributed by atoms with Crippen LogP contribution in [0.1, 0.15) is 5.56 Å². The zero-order chi connectivity index (χ0) is 8.43. The van der Waals surface area contributed by atoms with Gasteiger partial charge in [-0.15, -0.1) is 0 Å². The molecule has 0 bridgehead atoms. The molecule has 0 aromatic heterocycles. The lowest BCUT2D eigenvalue weighted by molar-refractivity contribution is 0.470. The van der Waals surface area contributed by atoms with Crippen LogP contribution in [0.5, 0.6) is 5.75 Å². The van der Waals surface area contributed by atoms with Crippen molar-refractivity contribution in [2.45, 2.75) is 6.54 Å². The molecule has 1 rings (SSSR count). The molecule has 0 fully saturated rings. The SMILES string of the molecule is NCc1ccc(O)c(I)c1I. The number of aromatic hydroxyl groups is 1. The van der Waals surface area contributed by atoms with E-state index in [0.29, 0.717) is 12.3 Å². The number of hydrogen-bond donors (Lipinski definition) is 2. The van der Waals surface area contributed by atoms with Crippen LogP contribution in [0, 0.1) is 7.14 Å². The van der Waals surface area contributed by atoms with Gasteiger partial charge in [0.1, 0.15) is 5.75 Å². The van der Waals surface area contributed by atoms with Gasteiger partial charge < -0.3 is 10.8 Å². The third kappa shape index (κ3) is 1.97. The zero-order valence-electron chi connectivity index (χ0n) is 5.64. The van der Waals surface area contributed by atoms with Crippen molar-refractivity contribution in [3.8, 4) is 5.75 Å². The number of phenols is 1. The van der Waals surface area contributed by atoms with Crippen LogP contribution in [-0.4, -0.2) is 5.11 Å². The van der Waals surface area contributed by atoms with E-state index in [1.165, 1.54) is 0 Å². The molecule has 0 radical (unpaired) electrons. The molecule has 0 aliphatic heterocycles. The first-order valence-corrected chi connectivity index (χ1v) is 5.18. The van der Waals surface area contributed by atoms with Crippen molar-refractivity contribution >= 4 is 45.2 Å². The minimum absolute atomic E-state index is 0.326. The van der Waals surface area contributed by atoms with Gasteiger partial charge in [-0.05, 0) is 56.8 Å².